The Labute approximate surface area is 117 Å². The van der Waals surface area contributed by atoms with Gasteiger partial charge in [-0.2, -0.15) is 4.99 Å². The maximum Gasteiger partial charge on any atom is 0.226 e. The lowest BCUT2D eigenvalue weighted by Crippen LogP contribution is -2.35. The van der Waals surface area contributed by atoms with Crippen molar-refractivity contribution in [1.82, 2.24) is 0 Å². The largest absolute Gasteiger partial charge is 0.370 e. The van der Waals surface area contributed by atoms with Gasteiger partial charge in [0.15, 0.2) is 5.96 Å². The molecule has 6 N–H and O–H groups in total. The Morgan fingerprint density at radius 2 is 2.00 bits per heavy atom. The van der Waals surface area contributed by atoms with Gasteiger partial charge in [0.2, 0.25) is 11.9 Å². The molecule has 1 aliphatic rings. The van der Waals surface area contributed by atoms with Crippen molar-refractivity contribution in [1.29, 1.82) is 0 Å². The highest BCUT2D eigenvalue weighted by molar-refractivity contribution is 5.95. The van der Waals surface area contributed by atoms with E-state index in [1.54, 1.807) is 17.0 Å². The van der Waals surface area contributed by atoms with Gasteiger partial charge in [-0.05, 0) is 31.0 Å². The van der Waals surface area contributed by atoms with Gasteiger partial charge >= 0.3 is 0 Å². The predicted molar refractivity (Wildman–Crippen MR) is 79.7 cm³/mol. The Kier molecular flexibility index (Phi) is 4.19. The molecule has 20 heavy (non-hydrogen) atoms. The number of aliphatic imine (C=N–C) groups is 2. The Morgan fingerprint density at radius 3 is 2.70 bits per heavy atom. The molecule has 0 radical (unpaired) electrons. The van der Waals surface area contributed by atoms with Crippen molar-refractivity contribution in [2.45, 2.75) is 19.3 Å². The van der Waals surface area contributed by atoms with E-state index < -0.39 is 0 Å². The second-order valence-corrected chi connectivity index (χ2v) is 4.53. The maximum absolute atomic E-state index is 11.9. The molecule has 0 atom stereocenters. The van der Waals surface area contributed by atoms with Crippen molar-refractivity contribution in [2.75, 3.05) is 11.4 Å². The van der Waals surface area contributed by atoms with Crippen LogP contribution in [-0.4, -0.2) is 24.4 Å². The van der Waals surface area contributed by atoms with Gasteiger partial charge in [-0.25, -0.2) is 4.99 Å². The van der Waals surface area contributed by atoms with E-state index in [9.17, 15) is 4.79 Å². The summed E-state index contributed by atoms with van der Waals surface area (Å²) in [5.41, 5.74) is 17.5. The molecular formula is C13H18N6O. The highest BCUT2D eigenvalue weighted by atomic mass is 16.2. The minimum atomic E-state index is -0.145. The van der Waals surface area contributed by atoms with Crippen LogP contribution in [0.15, 0.2) is 34.3 Å². The normalized spacial score (nSPS) is 16.1. The van der Waals surface area contributed by atoms with Gasteiger partial charge in [0, 0.05) is 18.7 Å². The fourth-order valence-corrected chi connectivity index (χ4v) is 2.10. The Morgan fingerprint density at radius 1 is 1.20 bits per heavy atom. The lowest BCUT2D eigenvalue weighted by molar-refractivity contribution is -0.119. The summed E-state index contributed by atoms with van der Waals surface area (Å²) in [5, 5.41) is 0. The highest BCUT2D eigenvalue weighted by Gasteiger charge is 2.19. The van der Waals surface area contributed by atoms with Gasteiger partial charge in [-0.15, -0.1) is 0 Å². The Hall–Kier alpha value is -2.57. The summed E-state index contributed by atoms with van der Waals surface area (Å²) in [5.74, 6) is -0.0321. The molecular weight excluding hydrogens is 256 g/mol. The molecule has 1 aliphatic heterocycles. The summed E-state index contributed by atoms with van der Waals surface area (Å²) in [6, 6.07) is 7.25. The molecule has 1 saturated heterocycles. The topological polar surface area (TPSA) is 123 Å². The third-order valence-electron chi connectivity index (χ3n) is 2.95. The van der Waals surface area contributed by atoms with E-state index in [-0.39, 0.29) is 17.8 Å². The third-order valence-corrected chi connectivity index (χ3v) is 2.95. The second kappa shape index (κ2) is 6.05. The molecule has 7 nitrogen and oxygen atoms in total. The number of carbonyl (C=O) groups is 1. The molecule has 0 aliphatic carbocycles. The summed E-state index contributed by atoms with van der Waals surface area (Å²) in [6.45, 7) is 0.732. The van der Waals surface area contributed by atoms with E-state index in [0.717, 1.165) is 25.1 Å². The lowest BCUT2D eigenvalue weighted by atomic mass is 10.1. The molecule has 0 unspecified atom stereocenters. The van der Waals surface area contributed by atoms with Crippen LogP contribution in [-0.2, 0) is 4.79 Å². The minimum Gasteiger partial charge on any atom is -0.370 e. The number of carbonyl (C=O) groups excluding carboxylic acids is 1. The smallest absolute Gasteiger partial charge is 0.226 e. The van der Waals surface area contributed by atoms with Gasteiger partial charge in [-0.3, -0.25) is 4.79 Å². The van der Waals surface area contributed by atoms with E-state index in [1.807, 2.05) is 12.1 Å². The van der Waals surface area contributed by atoms with Crippen LogP contribution in [0.4, 0.5) is 11.4 Å². The minimum absolute atomic E-state index is 0.0212. The zero-order chi connectivity index (χ0) is 14.5. The van der Waals surface area contributed by atoms with Crippen molar-refractivity contribution in [3.63, 3.8) is 0 Å². The zero-order valence-electron chi connectivity index (χ0n) is 11.1. The first kappa shape index (κ1) is 13.9. The number of piperidine rings is 1. The summed E-state index contributed by atoms with van der Waals surface area (Å²) in [4.78, 5) is 21.4. The molecule has 0 spiro atoms. The molecule has 1 aromatic rings. The molecule has 1 amide bonds. The average molecular weight is 274 g/mol. The van der Waals surface area contributed by atoms with Crippen molar-refractivity contribution in [3.05, 3.63) is 24.3 Å². The number of rotatable bonds is 2. The number of anilines is 1. The van der Waals surface area contributed by atoms with Crippen molar-refractivity contribution >= 4 is 29.2 Å². The number of benzene rings is 1. The Balaban J connectivity index is 2.24. The van der Waals surface area contributed by atoms with Crippen LogP contribution in [0.2, 0.25) is 0 Å². The van der Waals surface area contributed by atoms with E-state index >= 15 is 0 Å². The number of nitrogens with zero attached hydrogens (tertiary/aromatic N) is 3. The summed E-state index contributed by atoms with van der Waals surface area (Å²) < 4.78 is 0. The molecule has 1 heterocycles. The molecule has 2 rings (SSSR count). The lowest BCUT2D eigenvalue weighted by Gasteiger charge is -2.26. The van der Waals surface area contributed by atoms with Crippen LogP contribution in [0.25, 0.3) is 0 Å². The zero-order valence-corrected chi connectivity index (χ0v) is 11.1. The quantitative estimate of drug-likeness (QED) is 0.534. The fourth-order valence-electron chi connectivity index (χ4n) is 2.10. The van der Waals surface area contributed by atoms with Crippen LogP contribution in [0.5, 0.6) is 0 Å². The highest BCUT2D eigenvalue weighted by Crippen LogP contribution is 2.25. The molecule has 7 heteroatoms. The Bertz CT molecular complexity index is 562. The van der Waals surface area contributed by atoms with Gasteiger partial charge in [0.1, 0.15) is 0 Å². The molecule has 1 fully saturated rings. The predicted octanol–water partition coefficient (Wildman–Crippen LogP) is 0.423. The first-order chi connectivity index (χ1) is 9.56. The number of guanidine groups is 2. The van der Waals surface area contributed by atoms with Crippen LogP contribution in [0, 0.1) is 0 Å². The van der Waals surface area contributed by atoms with Crippen molar-refractivity contribution in [3.8, 4) is 0 Å². The van der Waals surface area contributed by atoms with Crippen molar-refractivity contribution < 1.29 is 4.79 Å². The standard InChI is InChI=1S/C13H18N6O/c14-12(15)18-13(16)17-9-4-3-5-10(8-9)19-7-2-1-6-11(19)20/h3-5,8H,1-2,6-7H2,(H6,14,15,16,17,18). The third kappa shape index (κ3) is 3.47. The van der Waals surface area contributed by atoms with Gasteiger partial charge in [-0.1, -0.05) is 6.07 Å². The molecule has 106 valence electrons. The van der Waals surface area contributed by atoms with Crippen molar-refractivity contribution in [2.24, 2.45) is 27.2 Å². The monoisotopic (exact) mass is 274 g/mol. The number of nitrogens with two attached hydrogens (primary N) is 3. The average Bonchev–Trinajstić information content (AvgIpc) is 2.38. The fraction of sp³-hybridized carbons (Fsp3) is 0.308. The molecule has 1 aromatic carbocycles. The van der Waals surface area contributed by atoms with E-state index in [0.29, 0.717) is 12.1 Å². The van der Waals surface area contributed by atoms with E-state index in [4.69, 9.17) is 17.2 Å². The van der Waals surface area contributed by atoms with Gasteiger partial charge < -0.3 is 22.1 Å². The first-order valence-corrected chi connectivity index (χ1v) is 6.40. The molecule has 0 bridgehead atoms. The first-order valence-electron chi connectivity index (χ1n) is 6.40. The summed E-state index contributed by atoms with van der Waals surface area (Å²) in [6.07, 6.45) is 2.55. The van der Waals surface area contributed by atoms with Crippen LogP contribution >= 0.6 is 0 Å². The van der Waals surface area contributed by atoms with E-state index in [1.165, 1.54) is 0 Å². The molecule has 0 saturated carbocycles. The van der Waals surface area contributed by atoms with Crippen LogP contribution in [0.3, 0.4) is 0 Å². The van der Waals surface area contributed by atoms with Gasteiger partial charge in [0.05, 0.1) is 5.69 Å². The van der Waals surface area contributed by atoms with E-state index in [2.05, 4.69) is 9.98 Å². The SMILES string of the molecule is NC(N)=NC(N)=Nc1cccc(N2CCCCC2=O)c1. The van der Waals surface area contributed by atoms with Crippen LogP contribution in [0.1, 0.15) is 19.3 Å². The summed E-state index contributed by atoms with van der Waals surface area (Å²) >= 11 is 0. The molecule has 0 aromatic heterocycles. The number of amides is 1. The number of hydrogen-bond acceptors (Lipinski definition) is 2. The van der Waals surface area contributed by atoms with Gasteiger partial charge in [0.25, 0.3) is 0 Å². The second-order valence-electron chi connectivity index (χ2n) is 4.53. The maximum atomic E-state index is 11.9. The summed E-state index contributed by atoms with van der Waals surface area (Å²) in [7, 11) is 0. The number of hydrogen-bond donors (Lipinski definition) is 3. The van der Waals surface area contributed by atoms with Crippen LogP contribution < -0.4 is 22.1 Å².